The van der Waals surface area contributed by atoms with Crippen molar-refractivity contribution in [2.75, 3.05) is 18.6 Å². The molecule has 0 saturated heterocycles. The molecule has 0 bridgehead atoms. The van der Waals surface area contributed by atoms with Gasteiger partial charge < -0.3 is 9.64 Å². The fourth-order valence-electron chi connectivity index (χ4n) is 2.64. The van der Waals surface area contributed by atoms with Crippen molar-refractivity contribution in [1.82, 2.24) is 0 Å². The van der Waals surface area contributed by atoms with Crippen LogP contribution < -0.4 is 9.64 Å². The lowest BCUT2D eigenvalue weighted by Crippen LogP contribution is -2.38. The second-order valence-electron chi connectivity index (χ2n) is 5.42. The van der Waals surface area contributed by atoms with Gasteiger partial charge in [-0.2, -0.15) is 0 Å². The zero-order valence-electron chi connectivity index (χ0n) is 12.1. The van der Waals surface area contributed by atoms with Crippen molar-refractivity contribution in [2.24, 2.45) is 0 Å². The van der Waals surface area contributed by atoms with Crippen molar-refractivity contribution in [3.63, 3.8) is 0 Å². The highest BCUT2D eigenvalue weighted by Crippen LogP contribution is 2.29. The summed E-state index contributed by atoms with van der Waals surface area (Å²) in [6.45, 7) is 9.38. The van der Waals surface area contributed by atoms with Crippen LogP contribution >= 0.6 is 0 Å². The van der Waals surface area contributed by atoms with Crippen molar-refractivity contribution in [3.05, 3.63) is 48.1 Å². The lowest BCUT2D eigenvalue weighted by molar-refractivity contribution is 0.414. The number of hydrogen-bond acceptors (Lipinski definition) is 2. The van der Waals surface area contributed by atoms with Gasteiger partial charge in [-0.3, -0.25) is 0 Å². The predicted octanol–water partition coefficient (Wildman–Crippen LogP) is 4.19. The van der Waals surface area contributed by atoms with Crippen LogP contribution in [-0.4, -0.2) is 19.7 Å². The number of ether oxygens (including phenoxy) is 1. The van der Waals surface area contributed by atoms with Crippen LogP contribution in [0.15, 0.2) is 48.1 Å². The molecular weight excluding hydrogens is 234 g/mol. The fourth-order valence-corrected chi connectivity index (χ4v) is 2.64. The SMILES string of the molecule is C=C(C)C[C@H]1CC(C)=CCN1c1ccc(OC)cc1. The van der Waals surface area contributed by atoms with Crippen LogP contribution in [0.25, 0.3) is 0 Å². The van der Waals surface area contributed by atoms with Crippen LogP contribution in [0.1, 0.15) is 26.7 Å². The molecule has 1 aromatic carbocycles. The molecule has 0 fully saturated rings. The first kappa shape index (κ1) is 13.7. The van der Waals surface area contributed by atoms with E-state index in [0.717, 1.165) is 25.1 Å². The number of anilines is 1. The van der Waals surface area contributed by atoms with Gasteiger partial charge in [0.15, 0.2) is 0 Å². The average Bonchev–Trinajstić information content (AvgIpc) is 2.38. The molecule has 0 saturated carbocycles. The molecule has 1 aliphatic heterocycles. The minimum atomic E-state index is 0.524. The fraction of sp³-hybridized carbons (Fsp3) is 0.412. The smallest absolute Gasteiger partial charge is 0.119 e. The monoisotopic (exact) mass is 257 g/mol. The van der Waals surface area contributed by atoms with Gasteiger partial charge in [0.1, 0.15) is 5.75 Å². The van der Waals surface area contributed by atoms with Gasteiger partial charge in [-0.1, -0.05) is 17.2 Å². The third kappa shape index (κ3) is 3.40. The maximum atomic E-state index is 5.22. The summed E-state index contributed by atoms with van der Waals surface area (Å²) in [6.07, 6.45) is 4.50. The topological polar surface area (TPSA) is 12.5 Å². The van der Waals surface area contributed by atoms with E-state index in [9.17, 15) is 0 Å². The third-order valence-corrected chi connectivity index (χ3v) is 3.62. The van der Waals surface area contributed by atoms with Crippen molar-refractivity contribution in [1.29, 1.82) is 0 Å². The molecule has 1 aromatic rings. The van der Waals surface area contributed by atoms with Crippen LogP contribution in [0.4, 0.5) is 5.69 Å². The molecule has 2 heteroatoms. The van der Waals surface area contributed by atoms with Gasteiger partial charge in [-0.05, 0) is 51.0 Å². The molecule has 19 heavy (non-hydrogen) atoms. The minimum absolute atomic E-state index is 0.524. The number of benzene rings is 1. The maximum absolute atomic E-state index is 5.22. The molecule has 0 spiro atoms. The van der Waals surface area contributed by atoms with Crippen molar-refractivity contribution < 1.29 is 4.74 Å². The average molecular weight is 257 g/mol. The van der Waals surface area contributed by atoms with E-state index in [-0.39, 0.29) is 0 Å². The Bertz CT molecular complexity index is 473. The molecule has 0 unspecified atom stereocenters. The third-order valence-electron chi connectivity index (χ3n) is 3.62. The summed E-state index contributed by atoms with van der Waals surface area (Å²) in [5.41, 5.74) is 3.99. The summed E-state index contributed by atoms with van der Waals surface area (Å²) in [5.74, 6) is 0.906. The predicted molar refractivity (Wildman–Crippen MR) is 81.9 cm³/mol. The van der Waals surface area contributed by atoms with E-state index in [0.29, 0.717) is 6.04 Å². The molecule has 0 aromatic heterocycles. The van der Waals surface area contributed by atoms with Gasteiger partial charge in [-0.15, -0.1) is 6.58 Å². The van der Waals surface area contributed by atoms with Crippen molar-refractivity contribution in [2.45, 2.75) is 32.7 Å². The molecule has 0 N–H and O–H groups in total. The molecule has 0 aliphatic carbocycles. The molecule has 1 atom stereocenters. The van der Waals surface area contributed by atoms with E-state index >= 15 is 0 Å². The van der Waals surface area contributed by atoms with Gasteiger partial charge in [0.05, 0.1) is 7.11 Å². The molecule has 0 amide bonds. The first-order valence-corrected chi connectivity index (χ1v) is 6.81. The standard InChI is InChI=1S/C17H23NO/c1-13(2)11-16-12-14(3)9-10-18(16)15-5-7-17(19-4)8-6-15/h5-9,16H,1,10-12H2,2-4H3/t16-/m0/s1. The van der Waals surface area contributed by atoms with Gasteiger partial charge in [-0.25, -0.2) is 0 Å². The van der Waals surface area contributed by atoms with E-state index in [4.69, 9.17) is 4.74 Å². The van der Waals surface area contributed by atoms with Crippen LogP contribution in [0, 0.1) is 0 Å². The summed E-state index contributed by atoms with van der Waals surface area (Å²) < 4.78 is 5.22. The van der Waals surface area contributed by atoms with E-state index in [1.165, 1.54) is 16.8 Å². The zero-order valence-corrected chi connectivity index (χ0v) is 12.1. The molecule has 2 rings (SSSR count). The lowest BCUT2D eigenvalue weighted by atomic mass is 9.95. The molecule has 0 radical (unpaired) electrons. The first-order chi connectivity index (χ1) is 9.10. The van der Waals surface area contributed by atoms with E-state index in [1.807, 2.05) is 12.1 Å². The van der Waals surface area contributed by atoms with Crippen LogP contribution in [0.5, 0.6) is 5.75 Å². The number of nitrogens with zero attached hydrogens (tertiary/aromatic N) is 1. The van der Waals surface area contributed by atoms with Gasteiger partial charge in [0.25, 0.3) is 0 Å². The summed E-state index contributed by atoms with van der Waals surface area (Å²) in [5, 5.41) is 0. The highest BCUT2D eigenvalue weighted by molar-refractivity contribution is 5.52. The Morgan fingerprint density at radius 3 is 2.63 bits per heavy atom. The normalized spacial score (nSPS) is 19.0. The molecule has 102 valence electrons. The zero-order chi connectivity index (χ0) is 13.8. The Labute approximate surface area is 116 Å². The Balaban J connectivity index is 2.21. The van der Waals surface area contributed by atoms with E-state index in [2.05, 4.69) is 43.5 Å². The molecule has 1 aliphatic rings. The Morgan fingerprint density at radius 1 is 1.37 bits per heavy atom. The second kappa shape index (κ2) is 5.96. The summed E-state index contributed by atoms with van der Waals surface area (Å²) in [6, 6.07) is 8.85. The summed E-state index contributed by atoms with van der Waals surface area (Å²) in [4.78, 5) is 2.46. The Hall–Kier alpha value is -1.70. The second-order valence-corrected chi connectivity index (χ2v) is 5.42. The van der Waals surface area contributed by atoms with Crippen molar-refractivity contribution in [3.8, 4) is 5.75 Å². The highest BCUT2D eigenvalue weighted by Gasteiger charge is 2.22. The number of rotatable bonds is 4. The van der Waals surface area contributed by atoms with Crippen LogP contribution in [0.3, 0.4) is 0 Å². The van der Waals surface area contributed by atoms with Crippen molar-refractivity contribution >= 4 is 5.69 Å². The molecular formula is C17H23NO. The minimum Gasteiger partial charge on any atom is -0.497 e. The number of methoxy groups -OCH3 is 1. The Morgan fingerprint density at radius 2 is 2.05 bits per heavy atom. The summed E-state index contributed by atoms with van der Waals surface area (Å²) >= 11 is 0. The van der Waals surface area contributed by atoms with E-state index in [1.54, 1.807) is 7.11 Å². The summed E-state index contributed by atoms with van der Waals surface area (Å²) in [7, 11) is 1.70. The van der Waals surface area contributed by atoms with E-state index < -0.39 is 0 Å². The lowest BCUT2D eigenvalue weighted by Gasteiger charge is -2.37. The van der Waals surface area contributed by atoms with Gasteiger partial charge in [0.2, 0.25) is 0 Å². The van der Waals surface area contributed by atoms with Crippen LogP contribution in [-0.2, 0) is 0 Å². The van der Waals surface area contributed by atoms with Crippen LogP contribution in [0.2, 0.25) is 0 Å². The molecule has 2 nitrogen and oxygen atoms in total. The first-order valence-electron chi connectivity index (χ1n) is 6.81. The van der Waals surface area contributed by atoms with Gasteiger partial charge >= 0.3 is 0 Å². The molecule has 1 heterocycles. The largest absolute Gasteiger partial charge is 0.497 e. The maximum Gasteiger partial charge on any atom is 0.119 e. The number of hydrogen-bond donors (Lipinski definition) is 0. The Kier molecular flexibility index (Phi) is 4.31. The highest BCUT2D eigenvalue weighted by atomic mass is 16.5. The van der Waals surface area contributed by atoms with Gasteiger partial charge in [0, 0.05) is 18.3 Å². The quantitative estimate of drug-likeness (QED) is 0.750.